The molecule has 8 heteroatoms. The molecule has 3 aromatic heterocycles. The molecule has 0 aliphatic carbocycles. The maximum Gasteiger partial charge on any atom is 0.352 e. The highest BCUT2D eigenvalue weighted by atomic mass is 16.4. The highest BCUT2D eigenvalue weighted by Gasteiger charge is 2.18. The van der Waals surface area contributed by atoms with E-state index in [1.54, 1.807) is 16.8 Å². The second-order valence-corrected chi connectivity index (χ2v) is 7.09. The lowest BCUT2D eigenvalue weighted by Crippen LogP contribution is -2.20. The minimum Gasteiger partial charge on any atom is -0.477 e. The van der Waals surface area contributed by atoms with E-state index in [0.29, 0.717) is 17.0 Å². The molecule has 0 saturated heterocycles. The second kappa shape index (κ2) is 7.40. The van der Waals surface area contributed by atoms with Crippen molar-refractivity contribution in [2.24, 2.45) is 0 Å². The van der Waals surface area contributed by atoms with E-state index in [0.717, 1.165) is 11.6 Å². The van der Waals surface area contributed by atoms with E-state index >= 15 is 0 Å². The van der Waals surface area contributed by atoms with Crippen molar-refractivity contribution >= 4 is 17.1 Å². The van der Waals surface area contributed by atoms with Crippen molar-refractivity contribution in [3.05, 3.63) is 81.0 Å². The fourth-order valence-corrected chi connectivity index (χ4v) is 3.22. The first kappa shape index (κ1) is 19.3. The van der Waals surface area contributed by atoms with Crippen LogP contribution < -0.4 is 11.0 Å². The van der Waals surface area contributed by atoms with Crippen LogP contribution in [0, 0.1) is 0 Å². The van der Waals surface area contributed by atoms with Gasteiger partial charge in [0.1, 0.15) is 5.69 Å². The molecular formula is C22H18N4O4. The van der Waals surface area contributed by atoms with Crippen LogP contribution in [0.15, 0.2) is 64.3 Å². The number of aromatic carboxylic acids is 1. The summed E-state index contributed by atoms with van der Waals surface area (Å²) in [5.74, 6) is -1.26. The number of aromatic amines is 1. The van der Waals surface area contributed by atoms with Gasteiger partial charge in [0.25, 0.3) is 5.56 Å². The fraction of sp³-hybridized carbons (Fsp3) is 0.136. The van der Waals surface area contributed by atoms with Crippen LogP contribution in [0.4, 0.5) is 0 Å². The topological polar surface area (TPSA) is 118 Å². The minimum absolute atomic E-state index is 0.0250. The highest BCUT2D eigenvalue weighted by Crippen LogP contribution is 2.29. The number of fused-ring (bicyclic) bond motifs is 1. The Hall–Kier alpha value is -4.07. The monoisotopic (exact) mass is 402 g/mol. The van der Waals surface area contributed by atoms with Crippen LogP contribution in [0.25, 0.3) is 33.7 Å². The van der Waals surface area contributed by atoms with Crippen molar-refractivity contribution in [2.75, 3.05) is 0 Å². The van der Waals surface area contributed by atoms with Crippen molar-refractivity contribution in [1.82, 2.24) is 19.5 Å². The first-order valence-electron chi connectivity index (χ1n) is 9.31. The Morgan fingerprint density at radius 1 is 1.00 bits per heavy atom. The number of benzene rings is 1. The molecule has 0 atom stereocenters. The first-order chi connectivity index (χ1) is 14.3. The lowest BCUT2D eigenvalue weighted by Gasteiger charge is -2.14. The van der Waals surface area contributed by atoms with Crippen LogP contribution in [0.2, 0.25) is 0 Å². The number of carbonyl (C=O) groups is 1. The number of rotatable bonds is 4. The number of hydrogen-bond acceptors (Lipinski definition) is 5. The summed E-state index contributed by atoms with van der Waals surface area (Å²) in [4.78, 5) is 47.8. The van der Waals surface area contributed by atoms with E-state index < -0.39 is 11.4 Å². The molecule has 0 radical (unpaired) electrons. The lowest BCUT2D eigenvalue weighted by atomic mass is 10.0. The molecule has 1 aromatic carbocycles. The van der Waals surface area contributed by atoms with Gasteiger partial charge in [-0.3, -0.25) is 9.59 Å². The van der Waals surface area contributed by atoms with E-state index in [-0.39, 0.29) is 28.5 Å². The first-order valence-corrected chi connectivity index (χ1v) is 9.31. The summed E-state index contributed by atoms with van der Waals surface area (Å²) in [5, 5.41) is 9.25. The van der Waals surface area contributed by atoms with E-state index in [2.05, 4.69) is 15.0 Å². The standard InChI is InChI=1S/C22H18N4O4/c1-12(2)26-11-14(8-9-17(26)28)19-18(13-6-4-3-5-7-13)25-21-20(24-19)16(27)10-15(23-21)22(29)30/h3-12H,1-2H3,(H,29,30)(H,23,25,27). The van der Waals surface area contributed by atoms with Crippen LogP contribution >= 0.6 is 0 Å². The summed E-state index contributed by atoms with van der Waals surface area (Å²) >= 11 is 0. The zero-order valence-electron chi connectivity index (χ0n) is 16.3. The average molecular weight is 402 g/mol. The highest BCUT2D eigenvalue weighted by molar-refractivity contribution is 5.89. The number of nitrogens with one attached hydrogen (secondary N) is 1. The zero-order valence-corrected chi connectivity index (χ0v) is 16.3. The quantitative estimate of drug-likeness (QED) is 0.542. The van der Waals surface area contributed by atoms with Crippen molar-refractivity contribution in [2.45, 2.75) is 19.9 Å². The van der Waals surface area contributed by atoms with Gasteiger partial charge in [0, 0.05) is 35.5 Å². The number of hydrogen-bond donors (Lipinski definition) is 2. The van der Waals surface area contributed by atoms with Crippen LogP contribution in [0.1, 0.15) is 30.4 Å². The van der Waals surface area contributed by atoms with Crippen molar-refractivity contribution in [1.29, 1.82) is 0 Å². The SMILES string of the molecule is CC(C)n1cc(-c2nc3c(=O)cc(C(=O)O)[nH]c3nc2-c2ccccc2)ccc1=O. The largest absolute Gasteiger partial charge is 0.477 e. The van der Waals surface area contributed by atoms with Gasteiger partial charge in [-0.2, -0.15) is 0 Å². The summed E-state index contributed by atoms with van der Waals surface area (Å²) in [5.41, 5.74) is 1.41. The number of pyridine rings is 2. The minimum atomic E-state index is -1.26. The Labute approximate surface area is 170 Å². The van der Waals surface area contributed by atoms with Crippen molar-refractivity contribution < 1.29 is 9.90 Å². The van der Waals surface area contributed by atoms with Crippen molar-refractivity contribution in [3.63, 3.8) is 0 Å². The Morgan fingerprint density at radius 3 is 2.37 bits per heavy atom. The van der Waals surface area contributed by atoms with Gasteiger partial charge in [-0.25, -0.2) is 14.8 Å². The van der Waals surface area contributed by atoms with Crippen LogP contribution in [-0.4, -0.2) is 30.6 Å². The number of H-pyrrole nitrogens is 1. The average Bonchev–Trinajstić information content (AvgIpc) is 2.73. The molecule has 3 heterocycles. The molecule has 0 saturated carbocycles. The molecule has 0 aliphatic rings. The third kappa shape index (κ3) is 3.39. The third-order valence-electron chi connectivity index (χ3n) is 4.70. The number of carboxylic acids is 1. The molecule has 30 heavy (non-hydrogen) atoms. The molecule has 0 unspecified atom stereocenters. The van der Waals surface area contributed by atoms with E-state index in [1.165, 1.54) is 6.07 Å². The fourth-order valence-electron chi connectivity index (χ4n) is 3.22. The number of nitrogens with zero attached hydrogens (tertiary/aromatic N) is 3. The van der Waals surface area contributed by atoms with Gasteiger partial charge in [0.2, 0.25) is 5.43 Å². The molecule has 4 aromatic rings. The molecule has 0 fully saturated rings. The predicted octanol–water partition coefficient (Wildman–Crippen LogP) is 3.09. The van der Waals surface area contributed by atoms with E-state index in [4.69, 9.17) is 0 Å². The molecule has 8 nitrogen and oxygen atoms in total. The van der Waals surface area contributed by atoms with E-state index in [1.807, 2.05) is 44.2 Å². The molecule has 0 aliphatic heterocycles. The molecule has 0 amide bonds. The van der Waals surface area contributed by atoms with Gasteiger partial charge < -0.3 is 14.7 Å². The normalized spacial score (nSPS) is 11.2. The Kier molecular flexibility index (Phi) is 4.75. The van der Waals surface area contributed by atoms with Crippen LogP contribution in [0.3, 0.4) is 0 Å². The summed E-state index contributed by atoms with van der Waals surface area (Å²) in [6, 6.07) is 13.3. The summed E-state index contributed by atoms with van der Waals surface area (Å²) in [6.07, 6.45) is 1.69. The summed E-state index contributed by atoms with van der Waals surface area (Å²) < 4.78 is 1.58. The summed E-state index contributed by atoms with van der Waals surface area (Å²) in [7, 11) is 0. The molecule has 150 valence electrons. The molecular weight excluding hydrogens is 384 g/mol. The zero-order chi connectivity index (χ0) is 21.4. The van der Waals surface area contributed by atoms with Gasteiger partial charge in [-0.1, -0.05) is 30.3 Å². The van der Waals surface area contributed by atoms with Gasteiger partial charge in [0.05, 0.1) is 11.4 Å². The van der Waals surface area contributed by atoms with Crippen LogP contribution in [-0.2, 0) is 0 Å². The van der Waals surface area contributed by atoms with Gasteiger partial charge in [-0.05, 0) is 19.9 Å². The molecule has 0 spiro atoms. The molecule has 0 bridgehead atoms. The Morgan fingerprint density at radius 2 is 1.70 bits per heavy atom. The second-order valence-electron chi connectivity index (χ2n) is 7.09. The van der Waals surface area contributed by atoms with Crippen LogP contribution in [0.5, 0.6) is 0 Å². The van der Waals surface area contributed by atoms with E-state index in [9.17, 15) is 19.5 Å². The third-order valence-corrected chi connectivity index (χ3v) is 4.70. The number of aromatic nitrogens is 4. The van der Waals surface area contributed by atoms with Gasteiger partial charge >= 0.3 is 5.97 Å². The van der Waals surface area contributed by atoms with Crippen molar-refractivity contribution in [3.8, 4) is 22.5 Å². The predicted molar refractivity (Wildman–Crippen MR) is 113 cm³/mol. The van der Waals surface area contributed by atoms with Gasteiger partial charge in [0.15, 0.2) is 11.2 Å². The maximum absolute atomic E-state index is 12.5. The molecule has 2 N–H and O–H groups in total. The lowest BCUT2D eigenvalue weighted by molar-refractivity contribution is 0.0690. The smallest absolute Gasteiger partial charge is 0.352 e. The summed E-state index contributed by atoms with van der Waals surface area (Å²) in [6.45, 7) is 3.79. The number of carboxylic acid groups (broad SMARTS) is 1. The molecule has 4 rings (SSSR count). The maximum atomic E-state index is 12.5. The van der Waals surface area contributed by atoms with Gasteiger partial charge in [-0.15, -0.1) is 0 Å². The Balaban J connectivity index is 2.08. The Bertz CT molecular complexity index is 1390.